The van der Waals surface area contributed by atoms with E-state index in [0.717, 1.165) is 39.2 Å². The SMILES string of the molecule is Cc1cc(-c2ncnc3c2cnn3CC(=O)Nc2ccc(-c3ccccc3)cc2)ccn1. The van der Waals surface area contributed by atoms with Crippen molar-refractivity contribution < 1.29 is 4.79 Å². The molecule has 0 atom stereocenters. The van der Waals surface area contributed by atoms with Crippen LogP contribution in [-0.4, -0.2) is 30.6 Å². The third-order valence-electron chi connectivity index (χ3n) is 5.17. The lowest BCUT2D eigenvalue weighted by atomic mass is 10.1. The van der Waals surface area contributed by atoms with Crippen molar-refractivity contribution in [3.8, 4) is 22.4 Å². The van der Waals surface area contributed by atoms with E-state index >= 15 is 0 Å². The van der Waals surface area contributed by atoms with Gasteiger partial charge >= 0.3 is 0 Å². The highest BCUT2D eigenvalue weighted by atomic mass is 16.2. The van der Waals surface area contributed by atoms with Crippen LogP contribution in [0.5, 0.6) is 0 Å². The maximum absolute atomic E-state index is 12.7. The quantitative estimate of drug-likeness (QED) is 0.452. The number of amides is 1. The molecule has 7 heteroatoms. The summed E-state index contributed by atoms with van der Waals surface area (Å²) in [5, 5.41) is 8.09. The molecule has 5 rings (SSSR count). The summed E-state index contributed by atoms with van der Waals surface area (Å²) in [6.07, 6.45) is 4.94. The van der Waals surface area contributed by atoms with Gasteiger partial charge in [-0.25, -0.2) is 14.6 Å². The molecule has 3 aromatic heterocycles. The molecule has 7 nitrogen and oxygen atoms in total. The zero-order valence-electron chi connectivity index (χ0n) is 17.4. The number of aryl methyl sites for hydroxylation is 1. The Bertz CT molecular complexity index is 1390. The second-order valence-electron chi connectivity index (χ2n) is 7.44. The van der Waals surface area contributed by atoms with E-state index in [1.807, 2.05) is 61.5 Å². The Labute approximate surface area is 184 Å². The van der Waals surface area contributed by atoms with Crippen molar-refractivity contribution in [2.24, 2.45) is 0 Å². The van der Waals surface area contributed by atoms with Gasteiger partial charge in [0, 0.05) is 23.1 Å². The van der Waals surface area contributed by atoms with Crippen molar-refractivity contribution in [3.05, 3.63) is 91.1 Å². The molecule has 0 unspecified atom stereocenters. The van der Waals surface area contributed by atoms with Crippen LogP contribution in [0.2, 0.25) is 0 Å². The lowest BCUT2D eigenvalue weighted by molar-refractivity contribution is -0.116. The number of benzene rings is 2. The molecule has 0 fully saturated rings. The minimum atomic E-state index is -0.178. The van der Waals surface area contributed by atoms with Crippen molar-refractivity contribution in [1.29, 1.82) is 0 Å². The molecule has 32 heavy (non-hydrogen) atoms. The number of fused-ring (bicyclic) bond motifs is 1. The van der Waals surface area contributed by atoms with E-state index in [0.29, 0.717) is 5.65 Å². The van der Waals surface area contributed by atoms with Gasteiger partial charge in [-0.3, -0.25) is 9.78 Å². The van der Waals surface area contributed by atoms with Crippen molar-refractivity contribution in [1.82, 2.24) is 24.7 Å². The number of pyridine rings is 1. The molecule has 2 aromatic carbocycles. The molecule has 0 aliphatic heterocycles. The molecule has 1 N–H and O–H groups in total. The first-order chi connectivity index (χ1) is 15.7. The third kappa shape index (κ3) is 3.96. The van der Waals surface area contributed by atoms with E-state index in [9.17, 15) is 4.79 Å². The number of hydrogen-bond donors (Lipinski definition) is 1. The van der Waals surface area contributed by atoms with Crippen LogP contribution >= 0.6 is 0 Å². The largest absolute Gasteiger partial charge is 0.324 e. The molecule has 0 saturated heterocycles. The molecule has 0 aliphatic carbocycles. The Morgan fingerprint density at radius 2 is 1.69 bits per heavy atom. The highest BCUT2D eigenvalue weighted by Gasteiger charge is 2.14. The van der Waals surface area contributed by atoms with Crippen LogP contribution in [0.1, 0.15) is 5.69 Å². The van der Waals surface area contributed by atoms with Crippen LogP contribution in [0.4, 0.5) is 5.69 Å². The fourth-order valence-electron chi connectivity index (χ4n) is 3.64. The highest BCUT2D eigenvalue weighted by molar-refractivity contribution is 5.93. The minimum Gasteiger partial charge on any atom is -0.324 e. The van der Waals surface area contributed by atoms with Crippen LogP contribution < -0.4 is 5.32 Å². The van der Waals surface area contributed by atoms with Gasteiger partial charge in [0.2, 0.25) is 5.91 Å². The standard InChI is InChI=1S/C25H20N6O/c1-17-13-20(11-12-26-17)24-22-14-29-31(25(22)28-16-27-24)15-23(32)30-21-9-7-19(8-10-21)18-5-3-2-4-6-18/h2-14,16H,15H2,1H3,(H,30,32). The fraction of sp³-hybridized carbons (Fsp3) is 0.0800. The molecule has 0 bridgehead atoms. The van der Waals surface area contributed by atoms with Gasteiger partial charge in [0.05, 0.1) is 17.3 Å². The number of nitrogens with zero attached hydrogens (tertiary/aromatic N) is 5. The van der Waals surface area contributed by atoms with Gasteiger partial charge in [0.25, 0.3) is 0 Å². The Hall–Kier alpha value is -4.39. The Morgan fingerprint density at radius 3 is 2.47 bits per heavy atom. The van der Waals surface area contributed by atoms with E-state index in [4.69, 9.17) is 0 Å². The minimum absolute atomic E-state index is 0.0514. The van der Waals surface area contributed by atoms with Gasteiger partial charge in [-0.1, -0.05) is 42.5 Å². The van der Waals surface area contributed by atoms with Crippen LogP contribution in [-0.2, 0) is 11.3 Å². The van der Waals surface area contributed by atoms with Gasteiger partial charge in [0.1, 0.15) is 12.9 Å². The van der Waals surface area contributed by atoms with Gasteiger partial charge in [-0.05, 0) is 42.3 Å². The lowest BCUT2D eigenvalue weighted by Gasteiger charge is -2.08. The average molecular weight is 420 g/mol. The second-order valence-corrected chi connectivity index (χ2v) is 7.44. The van der Waals surface area contributed by atoms with Gasteiger partial charge in [-0.15, -0.1) is 0 Å². The number of hydrogen-bond acceptors (Lipinski definition) is 5. The Balaban J connectivity index is 1.34. The summed E-state index contributed by atoms with van der Waals surface area (Å²) in [5.74, 6) is -0.178. The van der Waals surface area contributed by atoms with Gasteiger partial charge in [-0.2, -0.15) is 5.10 Å². The number of rotatable bonds is 5. The highest BCUT2D eigenvalue weighted by Crippen LogP contribution is 2.25. The van der Waals surface area contributed by atoms with Crippen molar-refractivity contribution in [2.75, 3.05) is 5.32 Å². The molecule has 0 spiro atoms. The smallest absolute Gasteiger partial charge is 0.246 e. The Morgan fingerprint density at radius 1 is 0.906 bits per heavy atom. The normalized spacial score (nSPS) is 10.9. The molecule has 5 aromatic rings. The van der Waals surface area contributed by atoms with Crippen molar-refractivity contribution in [3.63, 3.8) is 0 Å². The predicted octanol–water partition coefficient (Wildman–Crippen LogP) is 4.50. The first kappa shape index (κ1) is 19.6. The van der Waals surface area contributed by atoms with E-state index in [2.05, 4.69) is 37.5 Å². The molecule has 1 amide bonds. The Kier molecular flexibility index (Phi) is 5.13. The monoisotopic (exact) mass is 420 g/mol. The second kappa shape index (κ2) is 8.39. The summed E-state index contributed by atoms with van der Waals surface area (Å²) in [6, 6.07) is 21.7. The van der Waals surface area contributed by atoms with Gasteiger partial charge in [0.15, 0.2) is 5.65 Å². The number of anilines is 1. The van der Waals surface area contributed by atoms with E-state index in [1.54, 1.807) is 17.1 Å². The summed E-state index contributed by atoms with van der Waals surface area (Å²) >= 11 is 0. The summed E-state index contributed by atoms with van der Waals surface area (Å²) < 4.78 is 1.59. The lowest BCUT2D eigenvalue weighted by Crippen LogP contribution is -2.19. The number of aromatic nitrogens is 5. The maximum atomic E-state index is 12.7. The molecule has 0 aliphatic rings. The maximum Gasteiger partial charge on any atom is 0.246 e. The van der Waals surface area contributed by atoms with Crippen LogP contribution in [0, 0.1) is 6.92 Å². The average Bonchev–Trinajstić information content (AvgIpc) is 3.23. The predicted molar refractivity (Wildman–Crippen MR) is 124 cm³/mol. The van der Waals surface area contributed by atoms with Crippen molar-refractivity contribution in [2.45, 2.75) is 13.5 Å². The summed E-state index contributed by atoms with van der Waals surface area (Å²) in [6.45, 7) is 1.98. The molecular formula is C25H20N6O. The topological polar surface area (TPSA) is 85.6 Å². The molecular weight excluding hydrogens is 400 g/mol. The summed E-state index contributed by atoms with van der Waals surface area (Å²) in [4.78, 5) is 25.7. The first-order valence-corrected chi connectivity index (χ1v) is 10.2. The molecule has 0 saturated carbocycles. The van der Waals surface area contributed by atoms with E-state index in [1.165, 1.54) is 6.33 Å². The molecule has 3 heterocycles. The number of nitrogens with one attached hydrogen (secondary N) is 1. The molecule has 0 radical (unpaired) electrons. The zero-order valence-corrected chi connectivity index (χ0v) is 17.4. The number of carbonyl (C=O) groups excluding carboxylic acids is 1. The molecule has 156 valence electrons. The van der Waals surface area contributed by atoms with Crippen molar-refractivity contribution >= 4 is 22.6 Å². The summed E-state index contributed by atoms with van der Waals surface area (Å²) in [7, 11) is 0. The number of carbonyl (C=O) groups is 1. The van der Waals surface area contributed by atoms with E-state index in [-0.39, 0.29) is 12.5 Å². The van der Waals surface area contributed by atoms with E-state index < -0.39 is 0 Å². The third-order valence-corrected chi connectivity index (χ3v) is 5.17. The van der Waals surface area contributed by atoms with Crippen LogP contribution in [0.15, 0.2) is 85.5 Å². The first-order valence-electron chi connectivity index (χ1n) is 10.2. The van der Waals surface area contributed by atoms with Crippen LogP contribution in [0.25, 0.3) is 33.4 Å². The van der Waals surface area contributed by atoms with Crippen LogP contribution in [0.3, 0.4) is 0 Å². The fourth-order valence-corrected chi connectivity index (χ4v) is 3.64. The summed E-state index contributed by atoms with van der Waals surface area (Å²) in [5.41, 5.74) is 6.17. The van der Waals surface area contributed by atoms with Gasteiger partial charge < -0.3 is 5.32 Å². The zero-order chi connectivity index (χ0) is 21.9.